The van der Waals surface area contributed by atoms with Crippen LogP contribution in [-0.2, 0) is 4.79 Å². The molecule has 0 bridgehead atoms. The number of hydrogen-bond acceptors (Lipinski definition) is 2. The topological polar surface area (TPSA) is 41.1 Å². The molecule has 0 heterocycles. The Labute approximate surface area is 139 Å². The van der Waals surface area contributed by atoms with Crippen LogP contribution >= 0.6 is 0 Å². The van der Waals surface area contributed by atoms with Crippen LogP contribution in [0.5, 0.6) is 0 Å². The van der Waals surface area contributed by atoms with Gasteiger partial charge in [0.05, 0.1) is 0 Å². The minimum absolute atomic E-state index is 0.0265. The van der Waals surface area contributed by atoms with Gasteiger partial charge in [0.2, 0.25) is 5.91 Å². The summed E-state index contributed by atoms with van der Waals surface area (Å²) in [6.45, 7) is 8.26. The number of carbonyl (C=O) groups is 1. The molecule has 2 aromatic carbocycles. The highest BCUT2D eigenvalue weighted by molar-refractivity contribution is 5.96. The maximum absolute atomic E-state index is 12.5. The van der Waals surface area contributed by atoms with E-state index in [1.807, 2.05) is 56.3 Å². The lowest BCUT2D eigenvalue weighted by Crippen LogP contribution is -2.32. The monoisotopic (exact) mass is 310 g/mol. The lowest BCUT2D eigenvalue weighted by Gasteiger charge is -2.19. The predicted octanol–water partition coefficient (Wildman–Crippen LogP) is 4.95. The van der Waals surface area contributed by atoms with Crippen molar-refractivity contribution in [2.75, 3.05) is 10.6 Å². The Morgan fingerprint density at radius 2 is 1.70 bits per heavy atom. The zero-order valence-corrected chi connectivity index (χ0v) is 14.4. The Hall–Kier alpha value is -2.29. The summed E-state index contributed by atoms with van der Waals surface area (Å²) in [6.07, 6.45) is 1.05. The highest BCUT2D eigenvalue weighted by Crippen LogP contribution is 2.26. The second kappa shape index (κ2) is 7.82. The summed E-state index contributed by atoms with van der Waals surface area (Å²) in [5, 5.41) is 6.30. The minimum Gasteiger partial charge on any atom is -0.374 e. The molecule has 0 aliphatic rings. The normalized spacial score (nSPS) is 13.2. The molecule has 3 heteroatoms. The van der Waals surface area contributed by atoms with Crippen molar-refractivity contribution in [3.05, 3.63) is 59.7 Å². The van der Waals surface area contributed by atoms with Gasteiger partial charge in [-0.25, -0.2) is 0 Å². The van der Waals surface area contributed by atoms with E-state index in [1.165, 1.54) is 11.1 Å². The molecule has 1 amide bonds. The largest absolute Gasteiger partial charge is 0.374 e. The van der Waals surface area contributed by atoms with E-state index in [2.05, 4.69) is 30.5 Å². The van der Waals surface area contributed by atoms with E-state index in [-0.39, 0.29) is 11.9 Å². The summed E-state index contributed by atoms with van der Waals surface area (Å²) in [6, 6.07) is 15.8. The second-order valence-corrected chi connectivity index (χ2v) is 6.12. The molecule has 0 spiro atoms. The Morgan fingerprint density at radius 1 is 1.04 bits per heavy atom. The van der Waals surface area contributed by atoms with E-state index in [1.54, 1.807) is 0 Å². The van der Waals surface area contributed by atoms with E-state index < -0.39 is 0 Å². The van der Waals surface area contributed by atoms with E-state index in [0.29, 0.717) is 5.92 Å². The van der Waals surface area contributed by atoms with E-state index >= 15 is 0 Å². The van der Waals surface area contributed by atoms with Gasteiger partial charge >= 0.3 is 0 Å². The molecule has 0 radical (unpaired) electrons. The maximum atomic E-state index is 12.5. The molecule has 2 atom stereocenters. The predicted molar refractivity (Wildman–Crippen MR) is 98.0 cm³/mol. The highest BCUT2D eigenvalue weighted by atomic mass is 16.2. The van der Waals surface area contributed by atoms with Gasteiger partial charge in [0, 0.05) is 11.4 Å². The van der Waals surface area contributed by atoms with Crippen molar-refractivity contribution in [2.45, 2.75) is 46.1 Å². The third-order valence-electron chi connectivity index (χ3n) is 4.19. The summed E-state index contributed by atoms with van der Waals surface area (Å²) in [5.41, 5.74) is 4.25. The van der Waals surface area contributed by atoms with Crippen LogP contribution in [0.15, 0.2) is 48.5 Å². The summed E-state index contributed by atoms with van der Waals surface area (Å²) in [5.74, 6) is 0.396. The third kappa shape index (κ3) is 4.59. The molecule has 0 fully saturated rings. The van der Waals surface area contributed by atoms with Crippen LogP contribution in [0.2, 0.25) is 0 Å². The molecule has 0 aromatic heterocycles. The SMILES string of the molecule is CCC(C)c1ccccc1NC(=O)C(C)Nc1ccc(C)cc1. The smallest absolute Gasteiger partial charge is 0.246 e. The summed E-state index contributed by atoms with van der Waals surface area (Å²) in [7, 11) is 0. The summed E-state index contributed by atoms with van der Waals surface area (Å²) >= 11 is 0. The van der Waals surface area contributed by atoms with Gasteiger partial charge in [-0.05, 0) is 49.9 Å². The van der Waals surface area contributed by atoms with Gasteiger partial charge in [0.15, 0.2) is 0 Å². The number of rotatable bonds is 6. The number of anilines is 2. The lowest BCUT2D eigenvalue weighted by molar-refractivity contribution is -0.116. The fourth-order valence-corrected chi connectivity index (χ4v) is 2.47. The van der Waals surface area contributed by atoms with Crippen LogP contribution in [0.25, 0.3) is 0 Å². The standard InChI is InChI=1S/C20H26N2O/c1-5-15(3)18-8-6-7-9-19(18)22-20(23)16(4)21-17-12-10-14(2)11-13-17/h6-13,15-16,21H,5H2,1-4H3,(H,22,23). The summed E-state index contributed by atoms with van der Waals surface area (Å²) in [4.78, 5) is 12.5. The Kier molecular flexibility index (Phi) is 5.80. The third-order valence-corrected chi connectivity index (χ3v) is 4.19. The lowest BCUT2D eigenvalue weighted by atomic mass is 9.97. The van der Waals surface area contributed by atoms with Gasteiger partial charge in [-0.1, -0.05) is 49.7 Å². The van der Waals surface area contributed by atoms with Crippen molar-refractivity contribution in [3.63, 3.8) is 0 Å². The number of aryl methyl sites for hydroxylation is 1. The Bertz CT molecular complexity index is 649. The van der Waals surface area contributed by atoms with Crippen molar-refractivity contribution < 1.29 is 4.79 Å². The Balaban J connectivity index is 2.05. The summed E-state index contributed by atoms with van der Waals surface area (Å²) < 4.78 is 0. The molecule has 0 aliphatic carbocycles. The molecular weight excluding hydrogens is 284 g/mol. The van der Waals surface area contributed by atoms with Crippen LogP contribution in [0, 0.1) is 6.92 Å². The van der Waals surface area contributed by atoms with Gasteiger partial charge in [0.1, 0.15) is 6.04 Å². The zero-order chi connectivity index (χ0) is 16.8. The quantitative estimate of drug-likeness (QED) is 0.793. The maximum Gasteiger partial charge on any atom is 0.246 e. The first-order valence-corrected chi connectivity index (χ1v) is 8.24. The van der Waals surface area contributed by atoms with Gasteiger partial charge in [-0.2, -0.15) is 0 Å². The fraction of sp³-hybridized carbons (Fsp3) is 0.350. The number of hydrogen-bond donors (Lipinski definition) is 2. The van der Waals surface area contributed by atoms with E-state index in [9.17, 15) is 4.79 Å². The van der Waals surface area contributed by atoms with Crippen molar-refractivity contribution in [1.29, 1.82) is 0 Å². The first-order chi connectivity index (χ1) is 11.0. The van der Waals surface area contributed by atoms with E-state index in [0.717, 1.165) is 17.8 Å². The molecule has 122 valence electrons. The molecule has 2 N–H and O–H groups in total. The van der Waals surface area contributed by atoms with E-state index in [4.69, 9.17) is 0 Å². The minimum atomic E-state index is -0.303. The van der Waals surface area contributed by atoms with Gasteiger partial charge in [-0.15, -0.1) is 0 Å². The molecule has 23 heavy (non-hydrogen) atoms. The molecule has 2 rings (SSSR count). The van der Waals surface area contributed by atoms with Crippen LogP contribution in [0.3, 0.4) is 0 Å². The molecule has 2 aromatic rings. The van der Waals surface area contributed by atoms with Crippen LogP contribution < -0.4 is 10.6 Å². The molecule has 3 nitrogen and oxygen atoms in total. The first kappa shape index (κ1) is 17.1. The van der Waals surface area contributed by atoms with Crippen LogP contribution in [-0.4, -0.2) is 11.9 Å². The fourth-order valence-electron chi connectivity index (χ4n) is 2.47. The van der Waals surface area contributed by atoms with Crippen LogP contribution in [0.1, 0.15) is 44.2 Å². The highest BCUT2D eigenvalue weighted by Gasteiger charge is 2.15. The number of amides is 1. The van der Waals surface area contributed by atoms with Crippen molar-refractivity contribution in [1.82, 2.24) is 0 Å². The average molecular weight is 310 g/mol. The Morgan fingerprint density at radius 3 is 2.35 bits per heavy atom. The number of carbonyl (C=O) groups excluding carboxylic acids is 1. The van der Waals surface area contributed by atoms with Gasteiger partial charge in [-0.3, -0.25) is 4.79 Å². The van der Waals surface area contributed by atoms with Crippen LogP contribution in [0.4, 0.5) is 11.4 Å². The molecule has 0 saturated heterocycles. The average Bonchev–Trinajstić information content (AvgIpc) is 2.56. The number of para-hydroxylation sites is 1. The number of nitrogens with one attached hydrogen (secondary N) is 2. The van der Waals surface area contributed by atoms with Gasteiger partial charge < -0.3 is 10.6 Å². The van der Waals surface area contributed by atoms with Crippen molar-refractivity contribution >= 4 is 17.3 Å². The molecule has 0 aliphatic heterocycles. The van der Waals surface area contributed by atoms with Crippen molar-refractivity contribution in [2.24, 2.45) is 0 Å². The first-order valence-electron chi connectivity index (χ1n) is 8.24. The van der Waals surface area contributed by atoms with Crippen molar-refractivity contribution in [3.8, 4) is 0 Å². The molecular formula is C20H26N2O. The zero-order valence-electron chi connectivity index (χ0n) is 14.4. The molecule has 0 saturated carbocycles. The number of benzene rings is 2. The van der Waals surface area contributed by atoms with Gasteiger partial charge in [0.25, 0.3) is 0 Å². The second-order valence-electron chi connectivity index (χ2n) is 6.12. The molecule has 2 unspecified atom stereocenters.